The van der Waals surface area contributed by atoms with Crippen LogP contribution in [-0.2, 0) is 5.41 Å². The molecule has 2 nitrogen and oxygen atoms in total. The minimum atomic E-state index is -0.504. The van der Waals surface area contributed by atoms with E-state index in [-0.39, 0.29) is 0 Å². The standard InChI is InChI=1S/C38H46O2/c1-4-6-8-16-28-39-36-27-26-35(30-37(36)40-29-17-9-7-5-2)38(32-18-12-10-13-19-32,33-20-14-11-15-21-33)34-24-22-31(3)23-25-34/h10-15,18-27,30H,4-9,16-17,28-29H2,1-3H3. The Morgan fingerprint density at radius 3 is 1.48 bits per heavy atom. The number of aryl methyl sites for hydroxylation is 1. The smallest absolute Gasteiger partial charge is 0.161 e. The lowest BCUT2D eigenvalue weighted by Gasteiger charge is -2.37. The van der Waals surface area contributed by atoms with Crippen LogP contribution < -0.4 is 9.47 Å². The molecule has 0 bridgehead atoms. The number of hydrogen-bond acceptors (Lipinski definition) is 2. The summed E-state index contributed by atoms with van der Waals surface area (Å²) in [4.78, 5) is 0. The van der Waals surface area contributed by atoms with Crippen LogP contribution in [-0.4, -0.2) is 13.2 Å². The van der Waals surface area contributed by atoms with E-state index >= 15 is 0 Å². The van der Waals surface area contributed by atoms with Crippen molar-refractivity contribution in [2.24, 2.45) is 0 Å². The average molecular weight is 535 g/mol. The van der Waals surface area contributed by atoms with Crippen LogP contribution in [0.4, 0.5) is 0 Å². The van der Waals surface area contributed by atoms with Crippen molar-refractivity contribution in [2.45, 2.75) is 77.6 Å². The Hall–Kier alpha value is -3.52. The van der Waals surface area contributed by atoms with Crippen molar-refractivity contribution in [3.63, 3.8) is 0 Å². The summed E-state index contributed by atoms with van der Waals surface area (Å²) in [5.41, 5.74) is 5.62. The second-order valence-electron chi connectivity index (χ2n) is 10.8. The molecule has 0 N–H and O–H groups in total. The number of benzene rings is 4. The van der Waals surface area contributed by atoms with Crippen molar-refractivity contribution in [3.05, 3.63) is 131 Å². The molecule has 0 unspecified atom stereocenters. The Bertz CT molecular complexity index is 1220. The molecular weight excluding hydrogens is 488 g/mol. The van der Waals surface area contributed by atoms with Crippen LogP contribution >= 0.6 is 0 Å². The first-order valence-corrected chi connectivity index (χ1v) is 15.3. The second kappa shape index (κ2) is 15.3. The fourth-order valence-electron chi connectivity index (χ4n) is 5.58. The van der Waals surface area contributed by atoms with Gasteiger partial charge in [-0.2, -0.15) is 0 Å². The zero-order valence-electron chi connectivity index (χ0n) is 24.7. The third-order valence-corrected chi connectivity index (χ3v) is 7.79. The summed E-state index contributed by atoms with van der Waals surface area (Å²) in [6, 6.07) is 37.3. The maximum atomic E-state index is 6.50. The SMILES string of the molecule is CCCCCCOc1ccc(C(c2ccccc2)(c2ccccc2)c2ccc(C)cc2)cc1OCCCCCC. The number of rotatable bonds is 16. The van der Waals surface area contributed by atoms with E-state index in [2.05, 4.69) is 124 Å². The highest BCUT2D eigenvalue weighted by atomic mass is 16.5. The van der Waals surface area contributed by atoms with E-state index in [0.717, 1.165) is 24.3 Å². The van der Waals surface area contributed by atoms with Gasteiger partial charge in [0.2, 0.25) is 0 Å². The lowest BCUT2D eigenvalue weighted by atomic mass is 9.65. The van der Waals surface area contributed by atoms with Gasteiger partial charge in [0.15, 0.2) is 11.5 Å². The van der Waals surface area contributed by atoms with Gasteiger partial charge in [0.1, 0.15) is 0 Å². The van der Waals surface area contributed by atoms with Crippen molar-refractivity contribution in [1.29, 1.82) is 0 Å². The second-order valence-corrected chi connectivity index (χ2v) is 10.8. The van der Waals surface area contributed by atoms with Crippen molar-refractivity contribution in [1.82, 2.24) is 0 Å². The molecule has 0 aliphatic rings. The predicted octanol–water partition coefficient (Wildman–Crippen LogP) is 10.3. The molecule has 0 heterocycles. The molecule has 4 rings (SSSR count). The fraction of sp³-hybridized carbons (Fsp3) is 0.368. The van der Waals surface area contributed by atoms with E-state index in [0.29, 0.717) is 13.2 Å². The minimum absolute atomic E-state index is 0.504. The van der Waals surface area contributed by atoms with Crippen LogP contribution in [0.2, 0.25) is 0 Å². The number of hydrogen-bond donors (Lipinski definition) is 0. The van der Waals surface area contributed by atoms with E-state index in [4.69, 9.17) is 9.47 Å². The van der Waals surface area contributed by atoms with E-state index < -0.39 is 5.41 Å². The topological polar surface area (TPSA) is 18.5 Å². The molecule has 0 fully saturated rings. The highest BCUT2D eigenvalue weighted by Crippen LogP contribution is 2.47. The summed E-state index contributed by atoms with van der Waals surface area (Å²) in [5, 5.41) is 0. The monoisotopic (exact) mass is 534 g/mol. The third kappa shape index (κ3) is 7.16. The minimum Gasteiger partial charge on any atom is -0.490 e. The molecular formula is C38H46O2. The van der Waals surface area contributed by atoms with Gasteiger partial charge in [0.05, 0.1) is 18.6 Å². The Morgan fingerprint density at radius 1 is 0.475 bits per heavy atom. The summed E-state index contributed by atoms with van der Waals surface area (Å²) in [6.45, 7) is 8.04. The maximum Gasteiger partial charge on any atom is 0.161 e. The molecule has 0 aromatic heterocycles. The lowest BCUT2D eigenvalue weighted by molar-refractivity contribution is 0.258. The van der Waals surface area contributed by atoms with Gasteiger partial charge in [0.25, 0.3) is 0 Å². The molecule has 4 aromatic rings. The molecule has 0 atom stereocenters. The number of ether oxygens (including phenoxy) is 2. The third-order valence-electron chi connectivity index (χ3n) is 7.79. The summed E-state index contributed by atoms with van der Waals surface area (Å²) >= 11 is 0. The van der Waals surface area contributed by atoms with Crippen LogP contribution in [0.15, 0.2) is 103 Å². The highest BCUT2D eigenvalue weighted by molar-refractivity contribution is 5.62. The summed E-state index contributed by atoms with van der Waals surface area (Å²) in [5.74, 6) is 1.68. The van der Waals surface area contributed by atoms with Crippen molar-refractivity contribution >= 4 is 0 Å². The molecule has 0 radical (unpaired) electrons. The largest absolute Gasteiger partial charge is 0.490 e. The van der Waals surface area contributed by atoms with Gasteiger partial charge in [-0.25, -0.2) is 0 Å². The van der Waals surface area contributed by atoms with E-state index in [1.807, 2.05) is 0 Å². The summed E-state index contributed by atoms with van der Waals surface area (Å²) in [6.07, 6.45) is 9.42. The molecule has 210 valence electrons. The van der Waals surface area contributed by atoms with Crippen molar-refractivity contribution in [3.8, 4) is 11.5 Å². The first-order chi connectivity index (χ1) is 19.7. The van der Waals surface area contributed by atoms with Crippen molar-refractivity contribution < 1.29 is 9.47 Å². The van der Waals surface area contributed by atoms with E-state index in [9.17, 15) is 0 Å². The first kappa shape index (κ1) is 29.5. The first-order valence-electron chi connectivity index (χ1n) is 15.3. The molecule has 0 saturated heterocycles. The Labute approximate surface area is 242 Å². The zero-order chi connectivity index (χ0) is 28.0. The van der Waals surface area contributed by atoms with Crippen LogP contribution in [0.1, 0.15) is 93.0 Å². The molecule has 0 aliphatic carbocycles. The van der Waals surface area contributed by atoms with Crippen LogP contribution in [0, 0.1) is 6.92 Å². The normalized spacial score (nSPS) is 11.4. The van der Waals surface area contributed by atoms with E-state index in [1.165, 1.54) is 66.3 Å². The highest BCUT2D eigenvalue weighted by Gasteiger charge is 2.38. The Kier molecular flexibility index (Phi) is 11.3. The summed E-state index contributed by atoms with van der Waals surface area (Å²) in [7, 11) is 0. The number of unbranched alkanes of at least 4 members (excludes halogenated alkanes) is 6. The quantitative estimate of drug-likeness (QED) is 0.105. The molecule has 0 aliphatic heterocycles. The Morgan fingerprint density at radius 2 is 0.950 bits per heavy atom. The molecule has 0 amide bonds. The molecule has 0 spiro atoms. The maximum absolute atomic E-state index is 6.50. The van der Waals surface area contributed by atoms with Gasteiger partial charge in [-0.05, 0) is 54.2 Å². The van der Waals surface area contributed by atoms with Crippen LogP contribution in [0.25, 0.3) is 0 Å². The average Bonchev–Trinajstić information content (AvgIpc) is 3.00. The van der Waals surface area contributed by atoms with E-state index in [1.54, 1.807) is 0 Å². The van der Waals surface area contributed by atoms with Gasteiger partial charge >= 0.3 is 0 Å². The summed E-state index contributed by atoms with van der Waals surface area (Å²) < 4.78 is 12.8. The van der Waals surface area contributed by atoms with Gasteiger partial charge in [-0.3, -0.25) is 0 Å². The van der Waals surface area contributed by atoms with Crippen molar-refractivity contribution in [2.75, 3.05) is 13.2 Å². The van der Waals surface area contributed by atoms with Gasteiger partial charge in [0, 0.05) is 0 Å². The molecule has 0 saturated carbocycles. The van der Waals surface area contributed by atoms with Gasteiger partial charge in [-0.15, -0.1) is 0 Å². The lowest BCUT2D eigenvalue weighted by Crippen LogP contribution is -2.31. The van der Waals surface area contributed by atoms with Crippen LogP contribution in [0.3, 0.4) is 0 Å². The predicted molar refractivity (Wildman–Crippen MR) is 169 cm³/mol. The Balaban J connectivity index is 1.83. The van der Waals surface area contributed by atoms with Crippen LogP contribution in [0.5, 0.6) is 11.5 Å². The van der Waals surface area contributed by atoms with Gasteiger partial charge < -0.3 is 9.47 Å². The molecule has 4 aromatic carbocycles. The zero-order valence-corrected chi connectivity index (χ0v) is 24.7. The van der Waals surface area contributed by atoms with Gasteiger partial charge in [-0.1, -0.05) is 149 Å². The fourth-order valence-corrected chi connectivity index (χ4v) is 5.58. The molecule has 40 heavy (non-hydrogen) atoms. The molecule has 2 heteroatoms.